The van der Waals surface area contributed by atoms with Crippen LogP contribution in [0.25, 0.3) is 22.3 Å². The van der Waals surface area contributed by atoms with Gasteiger partial charge in [-0.2, -0.15) is 20.0 Å². The molecule has 0 radical (unpaired) electrons. The molecule has 8 heteroatoms. The molecule has 0 aromatic heterocycles. The van der Waals surface area contributed by atoms with Crippen molar-refractivity contribution >= 4 is 47.1 Å². The maximum absolute atomic E-state index is 10.4. The summed E-state index contributed by atoms with van der Waals surface area (Å²) < 4.78 is 0. The molecule has 0 unspecified atom stereocenters. The molecule has 0 aliphatic heterocycles. The summed E-state index contributed by atoms with van der Waals surface area (Å²) >= 11 is 0. The van der Waals surface area contributed by atoms with Crippen LogP contribution in [0.3, 0.4) is 0 Å². The Labute approximate surface area is 218 Å². The fourth-order valence-electron chi connectivity index (χ4n) is 3.67. The number of hydrogen-bond acceptors (Lipinski definition) is 8. The Bertz CT molecular complexity index is 1590. The number of benzene rings is 4. The van der Waals surface area contributed by atoms with Crippen molar-refractivity contribution in [2.75, 3.05) is 0 Å². The first-order valence-corrected chi connectivity index (χ1v) is 11.2. The van der Waals surface area contributed by atoms with Gasteiger partial charge in [-0.1, -0.05) is 48.5 Å². The Morgan fingerprint density at radius 2 is 0.974 bits per heavy atom. The van der Waals surface area contributed by atoms with Gasteiger partial charge in [0, 0.05) is 5.56 Å². The third kappa shape index (κ3) is 6.97. The number of isocyanates is 4. The smallest absolute Gasteiger partial charge is 0.211 e. The van der Waals surface area contributed by atoms with Gasteiger partial charge in [-0.3, -0.25) is 0 Å². The molecular formula is C30H20N4O4. The molecule has 0 saturated heterocycles. The highest BCUT2D eigenvalue weighted by atomic mass is 16.1. The molecule has 184 valence electrons. The van der Waals surface area contributed by atoms with Crippen LogP contribution >= 0.6 is 0 Å². The zero-order valence-corrected chi connectivity index (χ0v) is 20.5. The Morgan fingerprint density at radius 1 is 0.474 bits per heavy atom. The summed E-state index contributed by atoms with van der Waals surface area (Å²) in [6.07, 6.45) is 6.03. The average Bonchev–Trinajstić information content (AvgIpc) is 2.93. The Balaban J connectivity index is 0.000000212. The minimum Gasteiger partial charge on any atom is -0.211 e. The van der Waals surface area contributed by atoms with E-state index in [1.807, 2.05) is 68.4 Å². The van der Waals surface area contributed by atoms with Crippen molar-refractivity contribution < 1.29 is 19.2 Å². The van der Waals surface area contributed by atoms with Crippen LogP contribution in [0.2, 0.25) is 0 Å². The van der Waals surface area contributed by atoms with E-state index in [2.05, 4.69) is 20.0 Å². The molecule has 0 heterocycles. The average molecular weight is 501 g/mol. The molecule has 4 aromatic rings. The maximum atomic E-state index is 10.4. The summed E-state index contributed by atoms with van der Waals surface area (Å²) in [5, 5.41) is 0. The highest BCUT2D eigenvalue weighted by molar-refractivity contribution is 5.80. The fourth-order valence-corrected chi connectivity index (χ4v) is 3.67. The van der Waals surface area contributed by atoms with Gasteiger partial charge >= 0.3 is 0 Å². The molecule has 0 atom stereocenters. The van der Waals surface area contributed by atoms with Crippen molar-refractivity contribution in [3.05, 3.63) is 96.1 Å². The second kappa shape index (κ2) is 13.5. The van der Waals surface area contributed by atoms with Gasteiger partial charge in [0.15, 0.2) is 0 Å². The van der Waals surface area contributed by atoms with Crippen molar-refractivity contribution in [3.63, 3.8) is 0 Å². The fraction of sp³-hybridized carbons (Fsp3) is 0.0667. The van der Waals surface area contributed by atoms with Crippen LogP contribution in [0, 0.1) is 13.8 Å². The minimum atomic E-state index is 0.402. The Hall–Kier alpha value is -5.60. The number of carbonyl (C=O) groups excluding carboxylic acids is 4. The lowest BCUT2D eigenvalue weighted by molar-refractivity contribution is 0.564. The molecule has 0 aliphatic carbocycles. The van der Waals surface area contributed by atoms with E-state index in [4.69, 9.17) is 0 Å². The topological polar surface area (TPSA) is 118 Å². The van der Waals surface area contributed by atoms with E-state index in [0.717, 1.165) is 33.4 Å². The minimum absolute atomic E-state index is 0.402. The van der Waals surface area contributed by atoms with E-state index in [0.29, 0.717) is 22.7 Å². The van der Waals surface area contributed by atoms with Crippen LogP contribution in [0.1, 0.15) is 11.1 Å². The first kappa shape index (κ1) is 27.0. The van der Waals surface area contributed by atoms with Crippen molar-refractivity contribution in [3.8, 4) is 22.3 Å². The summed E-state index contributed by atoms with van der Waals surface area (Å²) in [5.74, 6) is 0. The Morgan fingerprint density at radius 3 is 1.45 bits per heavy atom. The number of hydrogen-bond donors (Lipinski definition) is 0. The maximum Gasteiger partial charge on any atom is 0.240 e. The number of aryl methyl sites for hydroxylation is 2. The highest BCUT2D eigenvalue weighted by Gasteiger charge is 2.06. The van der Waals surface area contributed by atoms with Crippen LogP contribution in [0.15, 0.2) is 105 Å². The summed E-state index contributed by atoms with van der Waals surface area (Å²) in [5.41, 5.74) is 7.58. The highest BCUT2D eigenvalue weighted by Crippen LogP contribution is 2.33. The van der Waals surface area contributed by atoms with Gasteiger partial charge in [0.1, 0.15) is 0 Å². The lowest BCUT2D eigenvalue weighted by Gasteiger charge is -2.07. The molecule has 38 heavy (non-hydrogen) atoms. The Kier molecular flexibility index (Phi) is 9.58. The molecule has 8 nitrogen and oxygen atoms in total. The van der Waals surface area contributed by atoms with Crippen molar-refractivity contribution in [1.29, 1.82) is 0 Å². The van der Waals surface area contributed by atoms with E-state index >= 15 is 0 Å². The van der Waals surface area contributed by atoms with Gasteiger partial charge in [0.05, 0.1) is 22.7 Å². The SMILES string of the molecule is Cc1cc(-c2ccc(N=C=O)c(C)c2)ccc1N=C=O.O=C=Nc1ccc(-c2ccccc2)c(N=C=O)c1. The quantitative estimate of drug-likeness (QED) is 0.205. The monoisotopic (exact) mass is 500 g/mol. The van der Waals surface area contributed by atoms with Gasteiger partial charge in [0.2, 0.25) is 24.3 Å². The lowest BCUT2D eigenvalue weighted by atomic mass is 10.00. The van der Waals surface area contributed by atoms with Gasteiger partial charge in [-0.15, -0.1) is 0 Å². The van der Waals surface area contributed by atoms with E-state index in [1.54, 1.807) is 36.4 Å². The van der Waals surface area contributed by atoms with Crippen LogP contribution in [0.5, 0.6) is 0 Å². The molecule has 0 fully saturated rings. The second-order valence-corrected chi connectivity index (χ2v) is 7.88. The van der Waals surface area contributed by atoms with Crippen molar-refractivity contribution in [2.24, 2.45) is 20.0 Å². The summed E-state index contributed by atoms with van der Waals surface area (Å²) in [4.78, 5) is 55.6. The van der Waals surface area contributed by atoms with E-state index in [9.17, 15) is 19.2 Å². The third-order valence-corrected chi connectivity index (χ3v) is 5.47. The molecule has 4 rings (SSSR count). The number of aliphatic imine (C=N–C) groups is 4. The normalized spacial score (nSPS) is 9.32. The van der Waals surface area contributed by atoms with Crippen LogP contribution in [-0.2, 0) is 19.2 Å². The zero-order valence-electron chi connectivity index (χ0n) is 20.5. The summed E-state index contributed by atoms with van der Waals surface area (Å²) in [6, 6.07) is 25.7. The standard InChI is InChI=1S/C16H12N2O2.C14H8N2O2/c1-11-7-13(3-5-15(11)17-9-19)14-4-6-16(18-10-20)12(2)8-14;17-9-15-12-6-7-13(14(8-12)16-10-18)11-4-2-1-3-5-11/h3-8H,1-2H3;1-8H. The predicted octanol–water partition coefficient (Wildman–Crippen LogP) is 7.19. The second-order valence-electron chi connectivity index (χ2n) is 7.88. The molecule has 0 amide bonds. The van der Waals surface area contributed by atoms with E-state index in [-0.39, 0.29) is 0 Å². The lowest BCUT2D eigenvalue weighted by Crippen LogP contribution is -1.83. The largest absolute Gasteiger partial charge is 0.240 e. The molecule has 0 N–H and O–H groups in total. The third-order valence-electron chi connectivity index (χ3n) is 5.47. The molecule has 4 aromatic carbocycles. The van der Waals surface area contributed by atoms with E-state index in [1.165, 1.54) is 18.2 Å². The zero-order chi connectivity index (χ0) is 27.3. The van der Waals surface area contributed by atoms with Gasteiger partial charge in [0.25, 0.3) is 0 Å². The molecular weight excluding hydrogens is 480 g/mol. The van der Waals surface area contributed by atoms with Crippen LogP contribution < -0.4 is 0 Å². The number of nitrogens with zero attached hydrogens (tertiary/aromatic N) is 4. The van der Waals surface area contributed by atoms with Gasteiger partial charge < -0.3 is 0 Å². The van der Waals surface area contributed by atoms with E-state index < -0.39 is 0 Å². The van der Waals surface area contributed by atoms with Crippen molar-refractivity contribution in [1.82, 2.24) is 0 Å². The predicted molar refractivity (Wildman–Crippen MR) is 144 cm³/mol. The van der Waals surface area contributed by atoms with Gasteiger partial charge in [-0.05, 0) is 78.1 Å². The summed E-state index contributed by atoms with van der Waals surface area (Å²) in [6.45, 7) is 3.77. The number of rotatable bonds is 6. The molecule has 0 bridgehead atoms. The van der Waals surface area contributed by atoms with Crippen molar-refractivity contribution in [2.45, 2.75) is 13.8 Å². The first-order chi connectivity index (χ1) is 18.5. The van der Waals surface area contributed by atoms with Crippen LogP contribution in [-0.4, -0.2) is 24.3 Å². The molecule has 0 saturated carbocycles. The molecule has 0 spiro atoms. The molecule has 0 aliphatic rings. The first-order valence-electron chi connectivity index (χ1n) is 11.2. The van der Waals surface area contributed by atoms with Gasteiger partial charge in [-0.25, -0.2) is 19.2 Å². The van der Waals surface area contributed by atoms with Crippen LogP contribution in [0.4, 0.5) is 22.7 Å². The summed E-state index contributed by atoms with van der Waals surface area (Å²) in [7, 11) is 0.